The summed E-state index contributed by atoms with van der Waals surface area (Å²) in [5, 5.41) is 0. The van der Waals surface area contributed by atoms with Crippen LogP contribution in [0.1, 0.15) is 24.5 Å². The number of fused-ring (bicyclic) bond motifs is 1. The minimum Gasteiger partial charge on any atom is -0.496 e. The van der Waals surface area contributed by atoms with Crippen LogP contribution in [0.15, 0.2) is 18.2 Å². The molecule has 0 amide bonds. The van der Waals surface area contributed by atoms with Gasteiger partial charge < -0.3 is 9.47 Å². The first-order chi connectivity index (χ1) is 8.09. The van der Waals surface area contributed by atoms with Crippen molar-refractivity contribution in [3.05, 3.63) is 29.3 Å². The van der Waals surface area contributed by atoms with Crippen LogP contribution in [0, 0.1) is 6.92 Å². The van der Waals surface area contributed by atoms with Gasteiger partial charge in [0.25, 0.3) is 0 Å². The molecule has 2 nitrogen and oxygen atoms in total. The molecule has 1 heterocycles. The zero-order valence-corrected chi connectivity index (χ0v) is 11.2. The van der Waals surface area contributed by atoms with E-state index in [0.717, 1.165) is 29.0 Å². The van der Waals surface area contributed by atoms with E-state index >= 15 is 0 Å². The van der Waals surface area contributed by atoms with Gasteiger partial charge in [-0.2, -0.15) is 0 Å². The number of hydrogen-bond donors (Lipinski definition) is 0. The summed E-state index contributed by atoms with van der Waals surface area (Å²) in [5.74, 6) is 2.33. The summed E-state index contributed by atoms with van der Waals surface area (Å²) in [5.41, 5.74) is 1.81. The highest BCUT2D eigenvalue weighted by atomic mass is 35.5. The van der Waals surface area contributed by atoms with Crippen molar-refractivity contribution in [3.63, 3.8) is 0 Å². The van der Waals surface area contributed by atoms with E-state index in [2.05, 4.69) is 12.2 Å². The Hall–Kier alpha value is -1.15. The van der Waals surface area contributed by atoms with Gasteiger partial charge in [-0.1, -0.05) is 6.07 Å². The van der Waals surface area contributed by atoms with E-state index in [4.69, 9.17) is 21.1 Å². The monoisotopic (exact) mass is 252 g/mol. The first kappa shape index (κ1) is 12.3. The number of halogens is 1. The molecule has 0 spiro atoms. The molecule has 0 saturated carbocycles. The fraction of sp³-hybridized carbons (Fsp3) is 0.429. The Kier molecular flexibility index (Phi) is 3.34. The number of benzene rings is 1. The number of hydrogen-bond acceptors (Lipinski definition) is 2. The van der Waals surface area contributed by atoms with E-state index in [0.29, 0.717) is 5.88 Å². The third-order valence-electron chi connectivity index (χ3n) is 3.09. The molecule has 1 aromatic carbocycles. The highest BCUT2D eigenvalue weighted by Gasteiger charge is 2.28. The van der Waals surface area contributed by atoms with Crippen LogP contribution in [0.3, 0.4) is 0 Å². The summed E-state index contributed by atoms with van der Waals surface area (Å²) >= 11 is 5.80. The topological polar surface area (TPSA) is 18.5 Å². The van der Waals surface area contributed by atoms with Gasteiger partial charge in [-0.25, -0.2) is 0 Å². The Morgan fingerprint density at radius 3 is 2.82 bits per heavy atom. The van der Waals surface area contributed by atoms with Crippen LogP contribution in [0.5, 0.6) is 11.5 Å². The van der Waals surface area contributed by atoms with Crippen LogP contribution in [0.25, 0.3) is 6.08 Å². The van der Waals surface area contributed by atoms with E-state index in [1.54, 1.807) is 7.11 Å². The predicted octanol–water partition coefficient (Wildman–Crippen LogP) is 3.80. The van der Waals surface area contributed by atoms with Crippen molar-refractivity contribution in [1.29, 1.82) is 0 Å². The van der Waals surface area contributed by atoms with Crippen molar-refractivity contribution in [1.82, 2.24) is 0 Å². The molecule has 3 heteroatoms. The van der Waals surface area contributed by atoms with Gasteiger partial charge >= 0.3 is 0 Å². The van der Waals surface area contributed by atoms with Gasteiger partial charge in [0.05, 0.1) is 12.7 Å². The van der Waals surface area contributed by atoms with Crippen molar-refractivity contribution in [3.8, 4) is 11.5 Å². The molecule has 0 N–H and O–H groups in total. The molecule has 1 aliphatic heterocycles. The lowest BCUT2D eigenvalue weighted by molar-refractivity contribution is 0.134. The Balaban J connectivity index is 2.42. The Morgan fingerprint density at radius 2 is 2.18 bits per heavy atom. The molecule has 1 unspecified atom stereocenters. The van der Waals surface area contributed by atoms with Crippen LogP contribution in [-0.4, -0.2) is 18.6 Å². The second kappa shape index (κ2) is 4.61. The minimum atomic E-state index is -0.310. The van der Waals surface area contributed by atoms with Crippen LogP contribution in [0.4, 0.5) is 0 Å². The number of alkyl halides is 1. The second-order valence-corrected chi connectivity index (χ2v) is 4.89. The molecule has 0 saturated heterocycles. The molecule has 1 atom stereocenters. The third kappa shape index (κ3) is 2.27. The molecule has 1 aromatic rings. The van der Waals surface area contributed by atoms with E-state index < -0.39 is 0 Å². The number of aryl methyl sites for hydroxylation is 1. The fourth-order valence-electron chi connectivity index (χ4n) is 2.08. The van der Waals surface area contributed by atoms with Crippen molar-refractivity contribution in [2.24, 2.45) is 0 Å². The molecule has 2 rings (SSSR count). The summed E-state index contributed by atoms with van der Waals surface area (Å²) in [4.78, 5) is 0. The first-order valence-corrected chi connectivity index (χ1v) is 6.25. The van der Waals surface area contributed by atoms with Crippen molar-refractivity contribution < 1.29 is 9.47 Å². The van der Waals surface area contributed by atoms with Crippen LogP contribution in [-0.2, 0) is 0 Å². The Morgan fingerprint density at radius 1 is 1.41 bits per heavy atom. The van der Waals surface area contributed by atoms with Crippen molar-refractivity contribution >= 4 is 17.7 Å². The molecular weight excluding hydrogens is 236 g/mol. The zero-order chi connectivity index (χ0) is 12.5. The first-order valence-electron chi connectivity index (χ1n) is 5.71. The summed E-state index contributed by atoms with van der Waals surface area (Å²) in [7, 11) is 1.68. The SMILES string of the molecule is COc1c(C)ccc2c1C=CC(C)(CCCl)O2. The number of rotatable bonds is 3. The lowest BCUT2D eigenvalue weighted by Gasteiger charge is -2.32. The van der Waals surface area contributed by atoms with Gasteiger partial charge in [0, 0.05) is 12.3 Å². The maximum Gasteiger partial charge on any atom is 0.132 e. The molecule has 0 fully saturated rings. The smallest absolute Gasteiger partial charge is 0.132 e. The van der Waals surface area contributed by atoms with Crippen molar-refractivity contribution in [2.45, 2.75) is 25.9 Å². The summed E-state index contributed by atoms with van der Waals surface area (Å²) < 4.78 is 11.4. The molecule has 92 valence electrons. The van der Waals surface area contributed by atoms with Gasteiger partial charge in [-0.05, 0) is 37.6 Å². The molecule has 0 aromatic heterocycles. The van der Waals surface area contributed by atoms with Crippen LogP contribution >= 0.6 is 11.6 Å². The number of methoxy groups -OCH3 is 1. The van der Waals surface area contributed by atoms with Gasteiger partial charge in [0.2, 0.25) is 0 Å². The van der Waals surface area contributed by atoms with E-state index in [1.165, 1.54) is 0 Å². The second-order valence-electron chi connectivity index (χ2n) is 4.51. The highest BCUT2D eigenvalue weighted by Crippen LogP contribution is 2.39. The van der Waals surface area contributed by atoms with Gasteiger partial charge in [-0.15, -0.1) is 11.6 Å². The average molecular weight is 253 g/mol. The zero-order valence-electron chi connectivity index (χ0n) is 10.4. The van der Waals surface area contributed by atoms with E-state index in [-0.39, 0.29) is 5.60 Å². The van der Waals surface area contributed by atoms with Crippen LogP contribution < -0.4 is 9.47 Å². The largest absolute Gasteiger partial charge is 0.496 e. The maximum absolute atomic E-state index is 6.01. The van der Waals surface area contributed by atoms with Gasteiger partial charge in [-0.3, -0.25) is 0 Å². The van der Waals surface area contributed by atoms with Crippen molar-refractivity contribution in [2.75, 3.05) is 13.0 Å². The maximum atomic E-state index is 6.01. The summed E-state index contributed by atoms with van der Waals surface area (Å²) in [6.45, 7) is 4.07. The van der Waals surface area contributed by atoms with Crippen LogP contribution in [0.2, 0.25) is 0 Å². The molecule has 0 aliphatic carbocycles. The molecule has 0 radical (unpaired) electrons. The quantitative estimate of drug-likeness (QED) is 0.762. The lowest BCUT2D eigenvalue weighted by atomic mass is 9.96. The summed E-state index contributed by atoms with van der Waals surface area (Å²) in [6.07, 6.45) is 4.91. The molecule has 17 heavy (non-hydrogen) atoms. The predicted molar refractivity (Wildman–Crippen MR) is 71.1 cm³/mol. The van der Waals surface area contributed by atoms with Gasteiger partial charge in [0.15, 0.2) is 0 Å². The standard InChI is InChI=1S/C14H17ClO2/c1-10-4-5-12-11(13(10)16-3)6-7-14(2,17-12)8-9-15/h4-7H,8-9H2,1-3H3. The Labute approximate surface area is 107 Å². The Bertz CT molecular complexity index is 454. The molecule has 1 aliphatic rings. The highest BCUT2D eigenvalue weighted by molar-refractivity contribution is 6.17. The third-order valence-corrected chi connectivity index (χ3v) is 3.28. The summed E-state index contributed by atoms with van der Waals surface area (Å²) in [6, 6.07) is 4.00. The average Bonchev–Trinajstić information content (AvgIpc) is 2.29. The van der Waals surface area contributed by atoms with Gasteiger partial charge in [0.1, 0.15) is 17.1 Å². The number of ether oxygens (including phenoxy) is 2. The normalized spacial score (nSPS) is 21.9. The molecular formula is C14H17ClO2. The van der Waals surface area contributed by atoms with E-state index in [1.807, 2.05) is 26.0 Å². The fourth-order valence-corrected chi connectivity index (χ4v) is 2.45. The lowest BCUT2D eigenvalue weighted by Crippen LogP contribution is -2.32. The van der Waals surface area contributed by atoms with E-state index in [9.17, 15) is 0 Å². The minimum absolute atomic E-state index is 0.310. The molecule has 0 bridgehead atoms.